The predicted octanol–water partition coefficient (Wildman–Crippen LogP) is 1.92. The number of aromatic nitrogens is 1. The number of hydrogen-bond acceptors (Lipinski definition) is 4. The van der Waals surface area contributed by atoms with Crippen LogP contribution >= 0.6 is 11.8 Å². The van der Waals surface area contributed by atoms with E-state index in [4.69, 9.17) is 0 Å². The second kappa shape index (κ2) is 5.28. The highest BCUT2D eigenvalue weighted by molar-refractivity contribution is 8.00. The Labute approximate surface area is 121 Å². The van der Waals surface area contributed by atoms with Crippen molar-refractivity contribution in [2.45, 2.75) is 23.9 Å². The van der Waals surface area contributed by atoms with Gasteiger partial charge in [-0.1, -0.05) is 17.8 Å². The summed E-state index contributed by atoms with van der Waals surface area (Å²) in [6, 6.07) is 2.04. The van der Waals surface area contributed by atoms with E-state index in [1.807, 2.05) is 4.90 Å². The molecule has 0 radical (unpaired) electrons. The lowest BCUT2D eigenvalue weighted by molar-refractivity contribution is -0.113. The second-order valence-corrected chi connectivity index (χ2v) is 5.85. The van der Waals surface area contributed by atoms with Gasteiger partial charge in [0.25, 0.3) is 5.91 Å². The van der Waals surface area contributed by atoms with E-state index in [9.17, 15) is 9.59 Å². The number of nitrogens with zero attached hydrogens (tertiary/aromatic N) is 2. The third-order valence-corrected chi connectivity index (χ3v) is 4.29. The number of rotatable bonds is 4. The quantitative estimate of drug-likeness (QED) is 0.860. The molecule has 5 nitrogen and oxygen atoms in total. The largest absolute Gasteiger partial charge is 0.332 e. The van der Waals surface area contributed by atoms with Gasteiger partial charge in [-0.3, -0.25) is 9.59 Å². The van der Waals surface area contributed by atoms with Gasteiger partial charge >= 0.3 is 0 Å². The molecule has 1 aromatic heterocycles. The van der Waals surface area contributed by atoms with Crippen LogP contribution in [0.1, 0.15) is 23.2 Å². The third-order valence-electron chi connectivity index (χ3n) is 3.29. The molecule has 1 aromatic rings. The number of nitrogens with one attached hydrogen (secondary N) is 1. The van der Waals surface area contributed by atoms with E-state index in [0.717, 1.165) is 17.9 Å². The van der Waals surface area contributed by atoms with Gasteiger partial charge in [0.2, 0.25) is 5.91 Å². The molecule has 1 N–H and O–H groups in total. The van der Waals surface area contributed by atoms with Gasteiger partial charge in [0.15, 0.2) is 0 Å². The Kier molecular flexibility index (Phi) is 3.48. The highest BCUT2D eigenvalue weighted by Gasteiger charge is 2.32. The fourth-order valence-corrected chi connectivity index (χ4v) is 2.92. The van der Waals surface area contributed by atoms with Gasteiger partial charge in [0, 0.05) is 18.8 Å². The van der Waals surface area contributed by atoms with E-state index in [-0.39, 0.29) is 11.8 Å². The van der Waals surface area contributed by atoms with Crippen LogP contribution in [-0.2, 0) is 4.79 Å². The molecule has 1 aliphatic heterocycles. The lowest BCUT2D eigenvalue weighted by Crippen LogP contribution is -2.33. The Morgan fingerprint density at radius 1 is 1.60 bits per heavy atom. The summed E-state index contributed by atoms with van der Waals surface area (Å²) in [5.41, 5.74) is 1.15. The van der Waals surface area contributed by atoms with E-state index in [1.165, 1.54) is 11.8 Å². The van der Waals surface area contributed by atoms with Crippen LogP contribution in [0, 0.1) is 0 Å². The van der Waals surface area contributed by atoms with Crippen molar-refractivity contribution >= 4 is 29.3 Å². The number of amides is 2. The fourth-order valence-electron chi connectivity index (χ4n) is 2.18. The van der Waals surface area contributed by atoms with E-state index in [1.54, 1.807) is 18.3 Å². The summed E-state index contributed by atoms with van der Waals surface area (Å²) < 4.78 is 0. The molecule has 2 heterocycles. The average molecular weight is 289 g/mol. The fraction of sp³-hybridized carbons (Fsp3) is 0.357. The van der Waals surface area contributed by atoms with Crippen molar-refractivity contribution in [1.29, 1.82) is 0 Å². The molecule has 0 spiro atoms. The van der Waals surface area contributed by atoms with Gasteiger partial charge in [0.05, 0.1) is 17.0 Å². The van der Waals surface area contributed by atoms with Crippen LogP contribution in [0.4, 0.5) is 5.69 Å². The smallest absolute Gasteiger partial charge is 0.256 e. The molecule has 3 rings (SSSR count). The molecular weight excluding hydrogens is 274 g/mol. The molecule has 1 fully saturated rings. The molecule has 2 aliphatic rings. The van der Waals surface area contributed by atoms with Crippen LogP contribution < -0.4 is 5.32 Å². The molecule has 104 valence electrons. The maximum atomic E-state index is 12.5. The van der Waals surface area contributed by atoms with Crippen LogP contribution in [0.5, 0.6) is 0 Å². The summed E-state index contributed by atoms with van der Waals surface area (Å²) in [4.78, 5) is 30.0. The van der Waals surface area contributed by atoms with Gasteiger partial charge in [0.1, 0.15) is 5.03 Å². The Morgan fingerprint density at radius 2 is 2.40 bits per heavy atom. The average Bonchev–Trinajstić information content (AvgIpc) is 3.27. The summed E-state index contributed by atoms with van der Waals surface area (Å²) in [6.45, 7) is 4.24. The van der Waals surface area contributed by atoms with E-state index in [2.05, 4.69) is 16.9 Å². The van der Waals surface area contributed by atoms with E-state index in [0.29, 0.717) is 29.6 Å². The van der Waals surface area contributed by atoms with Crippen LogP contribution in [0.15, 0.2) is 29.9 Å². The van der Waals surface area contributed by atoms with Crippen LogP contribution in [0.2, 0.25) is 0 Å². The second-order valence-electron chi connectivity index (χ2n) is 4.89. The Balaban J connectivity index is 1.86. The summed E-state index contributed by atoms with van der Waals surface area (Å²) in [5, 5.41) is 3.52. The Morgan fingerprint density at radius 3 is 3.10 bits per heavy atom. The third kappa shape index (κ3) is 2.56. The summed E-state index contributed by atoms with van der Waals surface area (Å²) in [5.74, 6) is 0.268. The number of carbonyl (C=O) groups excluding carboxylic acids is 2. The topological polar surface area (TPSA) is 62.3 Å². The minimum Gasteiger partial charge on any atom is -0.332 e. The van der Waals surface area contributed by atoms with Crippen LogP contribution in [0.3, 0.4) is 0 Å². The standard InChI is InChI=1S/C14H15N3O2S/c1-2-5-17(10-3-4-10)14(19)9-6-11-13(15-7-9)20-8-12(18)16-11/h2,6-7,10H,1,3-5,8H2,(H,16,18). The number of hydrogen-bond donors (Lipinski definition) is 1. The van der Waals surface area contributed by atoms with Gasteiger partial charge in [-0.05, 0) is 18.9 Å². The van der Waals surface area contributed by atoms with E-state index < -0.39 is 0 Å². The van der Waals surface area contributed by atoms with E-state index >= 15 is 0 Å². The minimum atomic E-state index is -0.0564. The van der Waals surface area contributed by atoms with Gasteiger partial charge in [-0.2, -0.15) is 0 Å². The zero-order valence-electron chi connectivity index (χ0n) is 11.0. The van der Waals surface area contributed by atoms with Crippen molar-refractivity contribution in [3.63, 3.8) is 0 Å². The SMILES string of the molecule is C=CCN(C(=O)c1cnc2c(c1)NC(=O)CS2)C1CC1. The first kappa shape index (κ1) is 13.2. The lowest BCUT2D eigenvalue weighted by Gasteiger charge is -2.22. The van der Waals surface area contributed by atoms with Crippen molar-refractivity contribution in [1.82, 2.24) is 9.88 Å². The monoisotopic (exact) mass is 289 g/mol. The first-order valence-electron chi connectivity index (χ1n) is 6.53. The Hall–Kier alpha value is -1.82. The summed E-state index contributed by atoms with van der Waals surface area (Å²) >= 11 is 1.39. The molecule has 0 saturated heterocycles. The maximum absolute atomic E-state index is 12.5. The molecule has 2 amide bonds. The number of fused-ring (bicyclic) bond motifs is 1. The Bertz CT molecular complexity index is 584. The zero-order valence-corrected chi connectivity index (χ0v) is 11.8. The van der Waals surface area contributed by atoms with Crippen molar-refractivity contribution < 1.29 is 9.59 Å². The van der Waals surface area contributed by atoms with Gasteiger partial charge in [-0.15, -0.1) is 6.58 Å². The van der Waals surface area contributed by atoms with Crippen LogP contribution in [0.25, 0.3) is 0 Å². The van der Waals surface area contributed by atoms with Crippen molar-refractivity contribution in [3.05, 3.63) is 30.5 Å². The molecule has 1 saturated carbocycles. The number of anilines is 1. The first-order chi connectivity index (χ1) is 9.69. The molecule has 0 aromatic carbocycles. The minimum absolute atomic E-state index is 0.0486. The number of pyridine rings is 1. The zero-order chi connectivity index (χ0) is 14.1. The molecule has 1 aliphatic carbocycles. The van der Waals surface area contributed by atoms with Crippen molar-refractivity contribution in [2.24, 2.45) is 0 Å². The normalized spacial score (nSPS) is 17.1. The molecule has 0 atom stereocenters. The molecular formula is C14H15N3O2S. The van der Waals surface area contributed by atoms with Crippen molar-refractivity contribution in [3.8, 4) is 0 Å². The molecule has 0 unspecified atom stereocenters. The first-order valence-corrected chi connectivity index (χ1v) is 7.52. The summed E-state index contributed by atoms with van der Waals surface area (Å²) in [7, 11) is 0. The number of thioether (sulfide) groups is 1. The predicted molar refractivity (Wildman–Crippen MR) is 77.8 cm³/mol. The lowest BCUT2D eigenvalue weighted by atomic mass is 10.2. The van der Waals surface area contributed by atoms with Gasteiger partial charge < -0.3 is 10.2 Å². The highest BCUT2D eigenvalue weighted by Crippen LogP contribution is 2.32. The van der Waals surface area contributed by atoms with Gasteiger partial charge in [-0.25, -0.2) is 4.98 Å². The molecule has 20 heavy (non-hydrogen) atoms. The number of carbonyl (C=O) groups is 2. The maximum Gasteiger partial charge on any atom is 0.256 e. The van der Waals surface area contributed by atoms with Crippen LogP contribution in [-0.4, -0.2) is 40.0 Å². The highest BCUT2D eigenvalue weighted by atomic mass is 32.2. The molecule has 6 heteroatoms. The summed E-state index contributed by atoms with van der Waals surface area (Å²) in [6.07, 6.45) is 5.42. The molecule has 0 bridgehead atoms. The van der Waals surface area contributed by atoms with Crippen molar-refractivity contribution in [2.75, 3.05) is 17.6 Å².